The highest BCUT2D eigenvalue weighted by Gasteiger charge is 2.38. The molecule has 288 valence electrons. The minimum Gasteiger partial charge on any atom is -0.744 e. The first-order chi connectivity index (χ1) is 23.1. The molecule has 0 radical (unpaired) electrons. The quantitative estimate of drug-likeness (QED) is 0.117. The molecule has 0 aromatic heterocycles. The van der Waals surface area contributed by atoms with Crippen molar-refractivity contribution in [3.05, 3.63) is 64.5 Å². The van der Waals surface area contributed by atoms with Crippen LogP contribution in [0.15, 0.2) is 56.7 Å². The molecule has 2 amide bonds. The van der Waals surface area contributed by atoms with Gasteiger partial charge in [0.05, 0.1) is 10.9 Å². The number of carbonyl (C=O) groups excluding carboxylic acids is 3. The number of hydrogen-bond acceptors (Lipinski definition) is 12. The van der Waals surface area contributed by atoms with E-state index in [9.17, 15) is 50.2 Å². The predicted octanol–water partition coefficient (Wildman–Crippen LogP) is 6.13. The van der Waals surface area contributed by atoms with Gasteiger partial charge >= 0.3 is 11.9 Å². The summed E-state index contributed by atoms with van der Waals surface area (Å²) in [5.41, 5.74) is 0.146. The van der Waals surface area contributed by atoms with Gasteiger partial charge in [0.1, 0.15) is 19.9 Å². The van der Waals surface area contributed by atoms with Gasteiger partial charge < -0.3 is 18.9 Å². The number of nitrogens with zero attached hydrogens (tertiary/aromatic N) is 1. The summed E-state index contributed by atoms with van der Waals surface area (Å²) in [4.78, 5) is 46.7. The zero-order chi connectivity index (χ0) is 37.1. The summed E-state index contributed by atoms with van der Waals surface area (Å²) in [6.07, 6.45) is 1.21. The molecule has 15 nitrogen and oxygen atoms in total. The molecular weight excluding hydrogens is 733 g/mol. The second kappa shape index (κ2) is 15.6. The molecule has 2 aliphatic carbocycles. The number of imide groups is 1. The molecule has 1 atom stereocenters. The van der Waals surface area contributed by atoms with Crippen molar-refractivity contribution < 1.29 is 59.5 Å². The summed E-state index contributed by atoms with van der Waals surface area (Å²) >= 11 is 0. The Hall–Kier alpha value is -4.97. The molecule has 2 heterocycles. The minimum atomic E-state index is -5.31. The van der Waals surface area contributed by atoms with Gasteiger partial charge in [0.2, 0.25) is 0 Å². The second-order valence-electron chi connectivity index (χ2n) is 12.8. The van der Waals surface area contributed by atoms with E-state index in [0.29, 0.717) is 22.6 Å². The van der Waals surface area contributed by atoms with Crippen LogP contribution in [-0.4, -0.2) is 59.9 Å². The van der Waals surface area contributed by atoms with Gasteiger partial charge in [-0.15, -0.1) is 5.06 Å². The summed E-state index contributed by atoms with van der Waals surface area (Å²) in [5.74, 6) is -3.62. The molecule has 1 unspecified atom stereocenters. The van der Waals surface area contributed by atoms with Gasteiger partial charge in [0.25, 0.3) is 21.9 Å². The third-order valence-corrected chi connectivity index (χ3v) is 10.3. The summed E-state index contributed by atoms with van der Waals surface area (Å²) in [5, 5.41) is 18.0. The van der Waals surface area contributed by atoms with Crippen LogP contribution in [0.5, 0.6) is 0 Å². The minimum absolute atomic E-state index is 0. The number of fused-ring (bicyclic) bond motifs is 3. The third kappa shape index (κ3) is 8.48. The van der Waals surface area contributed by atoms with Crippen molar-refractivity contribution in [2.24, 2.45) is 5.41 Å². The summed E-state index contributed by atoms with van der Waals surface area (Å²) in [6.45, 7) is 6.95. The number of carbonyl (C=O) groups is 4. The molecule has 1 saturated heterocycles. The largest absolute Gasteiger partial charge is 0.744 e. The van der Waals surface area contributed by atoms with Crippen LogP contribution in [0.4, 0.5) is 0 Å². The van der Waals surface area contributed by atoms with Crippen LogP contribution in [0.25, 0.3) is 33.4 Å². The monoisotopic (exact) mass is 775 g/mol. The van der Waals surface area contributed by atoms with Gasteiger partial charge in [-0.05, 0) is 65.1 Å². The van der Waals surface area contributed by atoms with Crippen LogP contribution in [0.2, 0.25) is 0 Å². The molecular formula is C36H43N2O13S2-. The molecule has 3 N–H and O–H groups in total. The van der Waals surface area contributed by atoms with Gasteiger partial charge in [-0.25, -0.2) is 18.0 Å². The van der Waals surface area contributed by atoms with E-state index < -0.39 is 70.5 Å². The number of carboxylic acids is 1. The number of aromatic carboxylic acids is 1. The van der Waals surface area contributed by atoms with Gasteiger partial charge in [0, 0.05) is 36.3 Å². The van der Waals surface area contributed by atoms with E-state index in [4.69, 9.17) is 9.83 Å². The lowest BCUT2D eigenvalue weighted by atomic mass is 9.69. The Morgan fingerprint density at radius 2 is 1.57 bits per heavy atom. The smallest absolute Gasteiger partial charge is 0.336 e. The molecule has 2 aromatic carbocycles. The van der Waals surface area contributed by atoms with Gasteiger partial charge in [-0.3, -0.25) is 19.6 Å². The maximum absolute atomic E-state index is 12.9. The number of nitrogens with one attached hydrogen (secondary N) is 1. The zero-order valence-electron chi connectivity index (χ0n) is 27.1. The highest BCUT2D eigenvalue weighted by atomic mass is 32.2. The van der Waals surface area contributed by atoms with Crippen molar-refractivity contribution in [3.63, 3.8) is 0 Å². The van der Waals surface area contributed by atoms with Crippen LogP contribution in [0.3, 0.4) is 0 Å². The first kappa shape index (κ1) is 44.2. The van der Waals surface area contributed by atoms with Crippen molar-refractivity contribution in [1.82, 2.24) is 5.06 Å². The topological polar surface area (TPSA) is 250 Å². The molecule has 4 aliphatic rings. The van der Waals surface area contributed by atoms with Crippen molar-refractivity contribution in [2.45, 2.75) is 91.4 Å². The number of benzene rings is 3. The Morgan fingerprint density at radius 3 is 2.09 bits per heavy atom. The second-order valence-corrected chi connectivity index (χ2v) is 15.5. The fourth-order valence-electron chi connectivity index (χ4n) is 6.69. The van der Waals surface area contributed by atoms with E-state index in [-0.39, 0.29) is 80.5 Å². The van der Waals surface area contributed by atoms with Gasteiger partial charge in [0.15, 0.2) is 11.3 Å². The Bertz CT molecular complexity index is 2360. The van der Waals surface area contributed by atoms with E-state index >= 15 is 0 Å². The van der Waals surface area contributed by atoms with E-state index in [1.165, 1.54) is 24.3 Å². The van der Waals surface area contributed by atoms with E-state index in [0.717, 1.165) is 13.0 Å². The fourth-order valence-corrected chi connectivity index (χ4v) is 8.29. The molecule has 2 aromatic rings. The predicted molar refractivity (Wildman–Crippen MR) is 192 cm³/mol. The van der Waals surface area contributed by atoms with E-state index in [1.807, 2.05) is 20.8 Å². The number of rotatable bonds is 5. The Morgan fingerprint density at radius 1 is 0.981 bits per heavy atom. The van der Waals surface area contributed by atoms with Crippen LogP contribution < -0.4 is 5.36 Å². The lowest BCUT2D eigenvalue weighted by Crippen LogP contribution is -2.30. The molecule has 53 heavy (non-hydrogen) atoms. The van der Waals surface area contributed by atoms with Crippen LogP contribution in [-0.2, 0) is 45.9 Å². The SMILES string of the molecule is C.C.C.CC(=O)ON1C(=O)CCC1=O.CC1CC(C)(C)Cc2c1cc1c(-c3ccccc3C(=O)O)c3ccc(=N)c(S(=O)(=O)[O-])c-3oc1c2S(=O)(=O)O. The Labute approximate surface area is 307 Å². The number of amides is 2. The zero-order valence-corrected chi connectivity index (χ0v) is 28.7. The van der Waals surface area contributed by atoms with Gasteiger partial charge in [-0.2, -0.15) is 8.42 Å². The molecule has 6 rings (SSSR count). The van der Waals surface area contributed by atoms with E-state index in [1.54, 1.807) is 12.1 Å². The lowest BCUT2D eigenvalue weighted by molar-refractivity contribution is -0.195. The third-order valence-electron chi connectivity index (χ3n) is 8.43. The van der Waals surface area contributed by atoms with Crippen LogP contribution >= 0.6 is 0 Å². The van der Waals surface area contributed by atoms with E-state index in [2.05, 4.69) is 4.84 Å². The number of carboxylic acid groups (broad SMARTS) is 1. The normalized spacial score (nSPS) is 16.3. The molecule has 1 fully saturated rings. The Balaban J connectivity index is 0.000000600. The molecule has 0 spiro atoms. The number of hydroxylamine groups is 2. The first-order valence-corrected chi connectivity index (χ1v) is 17.9. The summed E-state index contributed by atoms with van der Waals surface area (Å²) < 4.78 is 79.0. The molecule has 2 aliphatic heterocycles. The van der Waals surface area contributed by atoms with Crippen molar-refractivity contribution in [1.29, 1.82) is 5.41 Å². The van der Waals surface area contributed by atoms with Crippen molar-refractivity contribution in [2.75, 3.05) is 0 Å². The molecule has 0 bridgehead atoms. The summed E-state index contributed by atoms with van der Waals surface area (Å²) in [6, 6.07) is 9.93. The van der Waals surface area contributed by atoms with Crippen molar-refractivity contribution in [3.8, 4) is 22.5 Å². The van der Waals surface area contributed by atoms with Crippen LogP contribution in [0, 0.1) is 10.8 Å². The Kier molecular flexibility index (Phi) is 13.0. The summed E-state index contributed by atoms with van der Waals surface area (Å²) in [7, 11) is -10.3. The average molecular weight is 776 g/mol. The van der Waals surface area contributed by atoms with Crippen molar-refractivity contribution >= 4 is 55.0 Å². The van der Waals surface area contributed by atoms with Crippen LogP contribution in [0.1, 0.15) is 96.6 Å². The maximum Gasteiger partial charge on any atom is 0.336 e. The fraction of sp³-hybridized carbons (Fsp3) is 0.361. The maximum atomic E-state index is 12.9. The molecule has 17 heteroatoms. The first-order valence-electron chi connectivity index (χ1n) is 15.1. The standard InChI is InChI=1S/C27H25NO9S2.C6H7NO4.3CH4/c1-13-11-27(2,3)12-19-17(13)10-18-21(14-6-4-5-7-15(14)26(29)30)16-8-9-20(28)25(39(34,35)36)22(16)37-23(18)24(19)38(31,32)33;1-4(8)11-7-5(9)2-3-6(7)10;;;/h4-10,13,28H,11-12H2,1-3H3,(H,29,30)(H,31,32,33)(H,34,35,36);2-3H2,1H3;3*1H4/p-1. The average Bonchev–Trinajstić information content (AvgIpc) is 3.29. The highest BCUT2D eigenvalue weighted by molar-refractivity contribution is 7.86. The number of hydrogen-bond donors (Lipinski definition) is 3. The van der Waals surface area contributed by atoms with Gasteiger partial charge in [-0.1, -0.05) is 61.3 Å². The lowest BCUT2D eigenvalue weighted by Gasteiger charge is -2.37. The highest BCUT2D eigenvalue weighted by Crippen LogP contribution is 2.50. The molecule has 0 saturated carbocycles.